The van der Waals surface area contributed by atoms with Gasteiger partial charge in [0.1, 0.15) is 5.65 Å². The molecule has 47 heavy (non-hydrogen) atoms. The molecule has 3 N–H and O–H groups in total. The minimum Gasteiger partial charge on any atom is -0.387 e. The van der Waals surface area contributed by atoms with Gasteiger partial charge in [-0.15, -0.1) is 0 Å². The van der Waals surface area contributed by atoms with Crippen molar-refractivity contribution in [2.75, 3.05) is 6.61 Å². The summed E-state index contributed by atoms with van der Waals surface area (Å²) in [6, 6.07) is 18.2. The second kappa shape index (κ2) is 12.6. The van der Waals surface area contributed by atoms with Crippen LogP contribution in [0.4, 0.5) is 0 Å². The minimum atomic E-state index is -1.61. The van der Waals surface area contributed by atoms with Gasteiger partial charge in [0.05, 0.1) is 30.2 Å². The van der Waals surface area contributed by atoms with E-state index in [0.29, 0.717) is 18.9 Å². The van der Waals surface area contributed by atoms with Gasteiger partial charge in [-0.05, 0) is 61.6 Å². The second-order valence-corrected chi connectivity index (χ2v) is 13.8. The first kappa shape index (κ1) is 31.8. The van der Waals surface area contributed by atoms with E-state index in [1.54, 1.807) is 6.20 Å². The lowest BCUT2D eigenvalue weighted by Crippen LogP contribution is -2.35. The van der Waals surface area contributed by atoms with E-state index in [9.17, 15) is 15.0 Å². The molecule has 4 aromatic rings. The van der Waals surface area contributed by atoms with E-state index in [2.05, 4.69) is 41.7 Å². The lowest BCUT2D eigenvalue weighted by atomic mass is 9.92. The fourth-order valence-corrected chi connectivity index (χ4v) is 6.88. The Labute approximate surface area is 275 Å². The number of hydrogen-bond donors (Lipinski definition) is 3. The SMILES string of the molecule is CCCc1c(Cc2ccc(-c3ccccc3C3=NC(O)(C(C)C)ON3)cc2)c(=O)n(C2CCC(OCC3(O)CC3)CC2)c2ccnn12. The fourth-order valence-electron chi connectivity index (χ4n) is 6.88. The molecular weight excluding hydrogens is 594 g/mol. The van der Waals surface area contributed by atoms with Crippen molar-refractivity contribution in [3.8, 4) is 11.1 Å². The predicted molar refractivity (Wildman–Crippen MR) is 180 cm³/mol. The molecule has 2 saturated carbocycles. The minimum absolute atomic E-state index is 0.0653. The molecule has 1 unspecified atom stereocenters. The molecule has 1 aliphatic heterocycles. The van der Waals surface area contributed by atoms with Gasteiger partial charge < -0.3 is 14.9 Å². The van der Waals surface area contributed by atoms with Crippen LogP contribution in [0.2, 0.25) is 0 Å². The molecule has 2 aromatic heterocycles. The van der Waals surface area contributed by atoms with E-state index >= 15 is 0 Å². The van der Waals surface area contributed by atoms with Crippen LogP contribution in [0.3, 0.4) is 0 Å². The number of aryl methyl sites for hydroxylation is 1. The van der Waals surface area contributed by atoms with Crippen molar-refractivity contribution < 1.29 is 19.8 Å². The second-order valence-electron chi connectivity index (χ2n) is 13.8. The summed E-state index contributed by atoms with van der Waals surface area (Å²) in [6.07, 6.45) is 9.18. The molecular formula is C37H45N5O5. The Morgan fingerprint density at radius 3 is 2.40 bits per heavy atom. The zero-order valence-corrected chi connectivity index (χ0v) is 27.5. The third-order valence-electron chi connectivity index (χ3n) is 10.0. The highest BCUT2D eigenvalue weighted by atomic mass is 16.8. The Morgan fingerprint density at radius 1 is 1.02 bits per heavy atom. The Balaban J connectivity index is 1.16. The maximum absolute atomic E-state index is 14.4. The van der Waals surface area contributed by atoms with E-state index in [0.717, 1.165) is 90.5 Å². The first-order chi connectivity index (χ1) is 22.7. The van der Waals surface area contributed by atoms with Crippen molar-refractivity contribution in [3.05, 3.63) is 93.5 Å². The summed E-state index contributed by atoms with van der Waals surface area (Å²) in [7, 11) is 0. The van der Waals surface area contributed by atoms with Crippen LogP contribution in [-0.4, -0.2) is 54.5 Å². The van der Waals surface area contributed by atoms with Crippen molar-refractivity contribution in [2.45, 2.75) is 102 Å². The van der Waals surface area contributed by atoms with Gasteiger partial charge in [0.15, 0.2) is 5.84 Å². The molecule has 248 valence electrons. The molecule has 7 rings (SSSR count). The first-order valence-corrected chi connectivity index (χ1v) is 17.1. The van der Waals surface area contributed by atoms with Crippen LogP contribution in [0.1, 0.15) is 94.1 Å². The highest BCUT2D eigenvalue weighted by Gasteiger charge is 2.41. The maximum atomic E-state index is 14.4. The molecule has 0 amide bonds. The van der Waals surface area contributed by atoms with Crippen LogP contribution in [0.15, 0.2) is 70.6 Å². The standard InChI is InChI=1S/C37H45N5O5/c1-4-7-32-31(35(43)41(33-18-21-38-42(32)33)27-14-16-28(17-15-27)46-23-36(44)19-20-36)22-25-10-12-26(13-11-25)29-8-5-6-9-30(29)34-39-37(45,24(2)3)47-40-34/h5-6,8-13,18,21,24,27-28,44-45H,4,7,14-17,19-20,22-23H2,1-3H3,(H,39,40). The number of aliphatic imine (C=N–C) groups is 1. The number of aromatic nitrogens is 3. The number of benzene rings is 2. The van der Waals surface area contributed by atoms with Crippen molar-refractivity contribution >= 4 is 11.5 Å². The van der Waals surface area contributed by atoms with Gasteiger partial charge in [0.25, 0.3) is 11.5 Å². The number of ether oxygens (including phenoxy) is 1. The first-order valence-electron chi connectivity index (χ1n) is 17.1. The molecule has 10 heteroatoms. The van der Waals surface area contributed by atoms with Gasteiger partial charge in [-0.2, -0.15) is 5.10 Å². The van der Waals surface area contributed by atoms with E-state index in [1.165, 1.54) is 0 Å². The van der Waals surface area contributed by atoms with Crippen LogP contribution < -0.4 is 11.0 Å². The summed E-state index contributed by atoms with van der Waals surface area (Å²) < 4.78 is 10.0. The largest absolute Gasteiger partial charge is 0.387 e. The lowest BCUT2D eigenvalue weighted by molar-refractivity contribution is -0.230. The average molecular weight is 640 g/mol. The molecule has 0 bridgehead atoms. The number of amidine groups is 1. The highest BCUT2D eigenvalue weighted by molar-refractivity contribution is 6.04. The van der Waals surface area contributed by atoms with Crippen LogP contribution in [0, 0.1) is 5.92 Å². The molecule has 2 aliphatic carbocycles. The molecule has 0 radical (unpaired) electrons. The Morgan fingerprint density at radius 2 is 1.74 bits per heavy atom. The van der Waals surface area contributed by atoms with Gasteiger partial charge >= 0.3 is 0 Å². The monoisotopic (exact) mass is 639 g/mol. The van der Waals surface area contributed by atoms with E-state index < -0.39 is 11.5 Å². The van der Waals surface area contributed by atoms with Crippen LogP contribution >= 0.6 is 0 Å². The van der Waals surface area contributed by atoms with Crippen LogP contribution in [0.25, 0.3) is 16.8 Å². The lowest BCUT2D eigenvalue weighted by Gasteiger charge is -2.31. The maximum Gasteiger partial charge on any atom is 0.293 e. The molecule has 0 spiro atoms. The zero-order valence-electron chi connectivity index (χ0n) is 27.5. The summed E-state index contributed by atoms with van der Waals surface area (Å²) >= 11 is 0. The number of nitrogens with one attached hydrogen (secondary N) is 1. The highest BCUT2D eigenvalue weighted by Crippen LogP contribution is 2.37. The van der Waals surface area contributed by atoms with Crippen molar-refractivity contribution in [3.63, 3.8) is 0 Å². The summed E-state index contributed by atoms with van der Waals surface area (Å²) in [5.41, 5.74) is 8.72. The van der Waals surface area contributed by atoms with E-state index in [4.69, 9.17) is 14.7 Å². The van der Waals surface area contributed by atoms with Gasteiger partial charge in [0.2, 0.25) is 0 Å². The number of nitrogens with zero attached hydrogens (tertiary/aromatic N) is 4. The van der Waals surface area contributed by atoms with Gasteiger partial charge in [-0.25, -0.2) is 19.8 Å². The van der Waals surface area contributed by atoms with Crippen LogP contribution in [-0.2, 0) is 22.4 Å². The number of hydrogen-bond acceptors (Lipinski definition) is 8. The van der Waals surface area contributed by atoms with E-state index in [-0.39, 0.29) is 23.6 Å². The van der Waals surface area contributed by atoms with Crippen LogP contribution in [0.5, 0.6) is 0 Å². The summed E-state index contributed by atoms with van der Waals surface area (Å²) in [6.45, 7) is 6.25. The number of rotatable bonds is 11. The van der Waals surface area contributed by atoms with Crippen molar-refractivity contribution in [1.82, 2.24) is 19.7 Å². The Bertz CT molecular complexity index is 1830. The quantitative estimate of drug-likeness (QED) is 0.203. The fraction of sp³-hybridized carbons (Fsp3) is 0.486. The number of aliphatic hydroxyl groups is 2. The topological polar surface area (TPSA) is 123 Å². The van der Waals surface area contributed by atoms with E-state index in [1.807, 2.05) is 53.3 Å². The molecule has 3 aliphatic rings. The normalized spacial score (nSPS) is 23.7. The van der Waals surface area contributed by atoms with Crippen molar-refractivity contribution in [1.29, 1.82) is 0 Å². The predicted octanol–water partition coefficient (Wildman–Crippen LogP) is 5.32. The Kier molecular flexibility index (Phi) is 8.55. The molecule has 10 nitrogen and oxygen atoms in total. The summed E-state index contributed by atoms with van der Waals surface area (Å²) in [4.78, 5) is 24.3. The molecule has 0 saturated heterocycles. The van der Waals surface area contributed by atoms with Gasteiger partial charge in [-0.3, -0.25) is 9.36 Å². The molecule has 2 fully saturated rings. The van der Waals surface area contributed by atoms with Gasteiger partial charge in [-0.1, -0.05) is 75.7 Å². The average Bonchev–Trinajstić information content (AvgIpc) is 3.41. The van der Waals surface area contributed by atoms with Gasteiger partial charge in [0, 0.05) is 35.6 Å². The third-order valence-corrected chi connectivity index (χ3v) is 10.0. The zero-order chi connectivity index (χ0) is 32.8. The number of fused-ring (bicyclic) bond motifs is 1. The molecule has 2 aromatic carbocycles. The molecule has 1 atom stereocenters. The summed E-state index contributed by atoms with van der Waals surface area (Å²) in [5, 5.41) is 25.6. The smallest absolute Gasteiger partial charge is 0.293 e. The third kappa shape index (κ3) is 6.27. The van der Waals surface area contributed by atoms with Crippen molar-refractivity contribution in [2.24, 2.45) is 10.9 Å². The summed E-state index contributed by atoms with van der Waals surface area (Å²) in [5.74, 6) is -1.35. The Hall–Kier alpha value is -3.83. The molecule has 3 heterocycles. The number of hydroxylamine groups is 1.